The van der Waals surface area contributed by atoms with Crippen molar-refractivity contribution in [3.63, 3.8) is 0 Å². The van der Waals surface area contributed by atoms with E-state index in [4.69, 9.17) is 0 Å². The highest BCUT2D eigenvalue weighted by molar-refractivity contribution is 6.25. The van der Waals surface area contributed by atoms with Gasteiger partial charge in [0.2, 0.25) is 11.8 Å². The minimum atomic E-state index is -0.931. The molecule has 2 fully saturated rings. The number of carbonyl (C=O) groups excluding carboxylic acids is 4. The molecule has 0 bridgehead atoms. The third-order valence-corrected chi connectivity index (χ3v) is 5.70. The summed E-state index contributed by atoms with van der Waals surface area (Å²) in [5.41, 5.74) is 1.46. The largest absolute Gasteiger partial charge is 0.368 e. The molecule has 3 heterocycles. The number of piperazine rings is 1. The van der Waals surface area contributed by atoms with Gasteiger partial charge in [0.15, 0.2) is 0 Å². The van der Waals surface area contributed by atoms with Gasteiger partial charge in [0.1, 0.15) is 6.04 Å². The molecular formula is C20H24N4O4. The Labute approximate surface area is 163 Å². The predicted molar refractivity (Wildman–Crippen MR) is 102 cm³/mol. The Balaban J connectivity index is 1.60. The van der Waals surface area contributed by atoms with Crippen molar-refractivity contribution in [2.24, 2.45) is 0 Å². The summed E-state index contributed by atoms with van der Waals surface area (Å²) in [6.07, 6.45) is 1.39. The monoisotopic (exact) mass is 384 g/mol. The van der Waals surface area contributed by atoms with Crippen LogP contribution in [0.3, 0.4) is 0 Å². The van der Waals surface area contributed by atoms with Crippen molar-refractivity contribution >= 4 is 29.3 Å². The van der Waals surface area contributed by atoms with E-state index in [1.807, 2.05) is 6.07 Å². The Hall–Kier alpha value is -2.74. The minimum absolute atomic E-state index is 0.121. The molecule has 8 nitrogen and oxygen atoms in total. The zero-order valence-corrected chi connectivity index (χ0v) is 15.9. The lowest BCUT2D eigenvalue weighted by atomic mass is 10.0. The molecule has 0 radical (unpaired) electrons. The zero-order valence-electron chi connectivity index (χ0n) is 15.9. The van der Waals surface area contributed by atoms with Crippen molar-refractivity contribution in [2.45, 2.75) is 32.2 Å². The highest BCUT2D eigenvalue weighted by Gasteiger charge is 2.46. The number of rotatable bonds is 4. The smallest absolute Gasteiger partial charge is 0.264 e. The quantitative estimate of drug-likeness (QED) is 0.766. The van der Waals surface area contributed by atoms with Gasteiger partial charge in [-0.05, 0) is 31.5 Å². The summed E-state index contributed by atoms with van der Waals surface area (Å²) in [7, 11) is 0. The first-order valence-corrected chi connectivity index (χ1v) is 9.83. The number of piperidine rings is 1. The number of nitrogens with one attached hydrogen (secondary N) is 1. The van der Waals surface area contributed by atoms with Gasteiger partial charge in [-0.3, -0.25) is 34.3 Å². The lowest BCUT2D eigenvalue weighted by Crippen LogP contribution is -2.54. The molecule has 0 aromatic heterocycles. The lowest BCUT2D eigenvalue weighted by molar-refractivity contribution is -0.136. The molecule has 2 saturated heterocycles. The van der Waals surface area contributed by atoms with Gasteiger partial charge in [0, 0.05) is 32.6 Å². The van der Waals surface area contributed by atoms with Crippen molar-refractivity contribution in [1.82, 2.24) is 15.1 Å². The highest BCUT2D eigenvalue weighted by Crippen LogP contribution is 2.34. The zero-order chi connectivity index (χ0) is 19.8. The molecule has 1 aromatic carbocycles. The number of amides is 4. The van der Waals surface area contributed by atoms with Gasteiger partial charge < -0.3 is 4.90 Å². The molecule has 0 aliphatic carbocycles. The number of carbonyl (C=O) groups is 4. The van der Waals surface area contributed by atoms with Gasteiger partial charge in [-0.2, -0.15) is 0 Å². The Morgan fingerprint density at radius 2 is 1.79 bits per heavy atom. The molecule has 1 atom stereocenters. The number of imide groups is 2. The molecule has 3 aliphatic heterocycles. The first-order chi connectivity index (χ1) is 13.5. The minimum Gasteiger partial charge on any atom is -0.368 e. The number of anilines is 1. The number of hydrogen-bond acceptors (Lipinski definition) is 6. The molecule has 3 aliphatic rings. The third kappa shape index (κ3) is 3.07. The van der Waals surface area contributed by atoms with Gasteiger partial charge in [0.25, 0.3) is 11.8 Å². The highest BCUT2D eigenvalue weighted by atomic mass is 16.2. The van der Waals surface area contributed by atoms with Crippen LogP contribution >= 0.6 is 0 Å². The third-order valence-electron chi connectivity index (χ3n) is 5.70. The summed E-state index contributed by atoms with van der Waals surface area (Å²) >= 11 is 0. The summed E-state index contributed by atoms with van der Waals surface area (Å²) in [5, 5.41) is 2.23. The Morgan fingerprint density at radius 3 is 2.46 bits per heavy atom. The molecule has 1 N–H and O–H groups in total. The van der Waals surface area contributed by atoms with Crippen molar-refractivity contribution < 1.29 is 19.2 Å². The summed E-state index contributed by atoms with van der Waals surface area (Å²) in [6, 6.07) is 4.36. The molecule has 1 unspecified atom stereocenters. The van der Waals surface area contributed by atoms with E-state index >= 15 is 0 Å². The second kappa shape index (κ2) is 7.35. The average Bonchev–Trinajstić information content (AvgIpc) is 2.94. The number of fused-ring (bicyclic) bond motifs is 1. The standard InChI is InChI=1S/C20H24N4O4/c1-2-8-22-9-11-23(12-10-22)14-5-3-4-13-17(14)20(28)24(19(13)27)15-6-7-16(25)21-18(15)26/h3-5,15H,2,6-12H2,1H3,(H,21,25,26). The second-order valence-electron chi connectivity index (χ2n) is 7.48. The number of nitrogens with zero attached hydrogens (tertiary/aromatic N) is 3. The number of benzene rings is 1. The van der Waals surface area contributed by atoms with Gasteiger partial charge in [-0.15, -0.1) is 0 Å². The van der Waals surface area contributed by atoms with Crippen LogP contribution in [0, 0.1) is 0 Å². The first kappa shape index (κ1) is 18.6. The van der Waals surface area contributed by atoms with Crippen LogP contribution in [0.5, 0.6) is 0 Å². The van der Waals surface area contributed by atoms with Crippen molar-refractivity contribution in [1.29, 1.82) is 0 Å². The van der Waals surface area contributed by atoms with Crippen LogP contribution in [-0.2, 0) is 9.59 Å². The Kier molecular flexibility index (Phi) is 4.89. The molecule has 28 heavy (non-hydrogen) atoms. The van der Waals surface area contributed by atoms with Crippen LogP contribution in [-0.4, -0.2) is 72.2 Å². The molecule has 1 aromatic rings. The lowest BCUT2D eigenvalue weighted by Gasteiger charge is -2.36. The van der Waals surface area contributed by atoms with Gasteiger partial charge in [-0.1, -0.05) is 13.0 Å². The molecule has 0 saturated carbocycles. The van der Waals surface area contributed by atoms with E-state index < -0.39 is 23.8 Å². The van der Waals surface area contributed by atoms with Crippen LogP contribution in [0.4, 0.5) is 5.69 Å². The van der Waals surface area contributed by atoms with E-state index in [9.17, 15) is 19.2 Å². The van der Waals surface area contributed by atoms with E-state index in [0.29, 0.717) is 11.1 Å². The van der Waals surface area contributed by atoms with E-state index in [1.54, 1.807) is 12.1 Å². The van der Waals surface area contributed by atoms with Crippen LogP contribution in [0.15, 0.2) is 18.2 Å². The Morgan fingerprint density at radius 1 is 1.04 bits per heavy atom. The molecular weight excluding hydrogens is 360 g/mol. The summed E-state index contributed by atoms with van der Waals surface area (Å²) in [4.78, 5) is 55.3. The second-order valence-corrected chi connectivity index (χ2v) is 7.48. The predicted octanol–water partition coefficient (Wildman–Crippen LogP) is 0.620. The van der Waals surface area contributed by atoms with Gasteiger partial charge >= 0.3 is 0 Å². The molecule has 148 valence electrons. The average molecular weight is 384 g/mol. The van der Waals surface area contributed by atoms with Crippen LogP contribution in [0.2, 0.25) is 0 Å². The fraction of sp³-hybridized carbons (Fsp3) is 0.500. The summed E-state index contributed by atoms with van der Waals surface area (Å²) in [6.45, 7) is 6.62. The van der Waals surface area contributed by atoms with E-state index in [1.165, 1.54) is 0 Å². The van der Waals surface area contributed by atoms with Gasteiger partial charge in [-0.25, -0.2) is 0 Å². The van der Waals surface area contributed by atoms with Crippen molar-refractivity contribution in [3.05, 3.63) is 29.3 Å². The fourth-order valence-electron chi connectivity index (χ4n) is 4.29. The van der Waals surface area contributed by atoms with E-state index in [2.05, 4.69) is 22.0 Å². The topological polar surface area (TPSA) is 90.0 Å². The number of hydrogen-bond donors (Lipinski definition) is 1. The normalized spacial score (nSPS) is 23.2. The van der Waals surface area contributed by atoms with Crippen LogP contribution < -0.4 is 10.2 Å². The molecule has 0 spiro atoms. The van der Waals surface area contributed by atoms with E-state index in [-0.39, 0.29) is 18.7 Å². The molecule has 8 heteroatoms. The molecule has 4 amide bonds. The van der Waals surface area contributed by atoms with Crippen molar-refractivity contribution in [2.75, 3.05) is 37.6 Å². The van der Waals surface area contributed by atoms with Crippen LogP contribution in [0.25, 0.3) is 0 Å². The summed E-state index contributed by atoms with van der Waals surface area (Å²) < 4.78 is 0. The summed E-state index contributed by atoms with van der Waals surface area (Å²) in [5.74, 6) is -1.86. The fourth-order valence-corrected chi connectivity index (χ4v) is 4.29. The maximum absolute atomic E-state index is 13.2. The van der Waals surface area contributed by atoms with Crippen LogP contribution in [0.1, 0.15) is 46.9 Å². The maximum atomic E-state index is 13.2. The molecule has 4 rings (SSSR count). The SMILES string of the molecule is CCCN1CCN(c2cccc3c2C(=O)N(C2CCC(=O)NC2=O)C3=O)CC1. The van der Waals surface area contributed by atoms with Gasteiger partial charge in [0.05, 0.1) is 16.8 Å². The Bertz CT molecular complexity index is 845. The van der Waals surface area contributed by atoms with E-state index in [0.717, 1.165) is 49.7 Å². The maximum Gasteiger partial charge on any atom is 0.264 e. The van der Waals surface area contributed by atoms with Crippen molar-refractivity contribution in [3.8, 4) is 0 Å². The first-order valence-electron chi connectivity index (χ1n) is 9.83.